The van der Waals surface area contributed by atoms with Crippen molar-refractivity contribution in [3.05, 3.63) is 92.5 Å². The number of benzene rings is 3. The van der Waals surface area contributed by atoms with E-state index in [-0.39, 0.29) is 9.77 Å². The van der Waals surface area contributed by atoms with Crippen LogP contribution < -0.4 is 14.3 Å². The van der Waals surface area contributed by atoms with Gasteiger partial charge in [0.2, 0.25) is 10.0 Å². The number of aryl methyl sites for hydroxylation is 1. The van der Waals surface area contributed by atoms with Gasteiger partial charge in [-0.25, -0.2) is 13.1 Å². The predicted molar refractivity (Wildman–Crippen MR) is 138 cm³/mol. The van der Waals surface area contributed by atoms with Gasteiger partial charge in [0.05, 0.1) is 28.3 Å². The van der Waals surface area contributed by atoms with Crippen molar-refractivity contribution >= 4 is 43.2 Å². The minimum absolute atomic E-state index is 0.140. The average molecular weight is 517 g/mol. The SMILES string of the molecule is CCOc1ccccc1CCCNS(=O)(=O)c1ccc2c(c1)sc(=O)n2Cc1ccccc1Cl. The molecule has 1 aromatic heterocycles. The van der Waals surface area contributed by atoms with E-state index in [1.165, 1.54) is 6.07 Å². The Morgan fingerprint density at radius 2 is 1.76 bits per heavy atom. The molecule has 0 atom stereocenters. The number of nitrogens with one attached hydrogen (secondary N) is 1. The maximum absolute atomic E-state index is 12.9. The predicted octanol–water partition coefficient (Wildman–Crippen LogP) is 5.07. The summed E-state index contributed by atoms with van der Waals surface area (Å²) in [6.07, 6.45) is 1.33. The first kappa shape index (κ1) is 24.5. The van der Waals surface area contributed by atoms with Crippen LogP contribution in [0.1, 0.15) is 24.5 Å². The van der Waals surface area contributed by atoms with Crippen LogP contribution in [0.3, 0.4) is 0 Å². The van der Waals surface area contributed by atoms with Crippen molar-refractivity contribution in [2.45, 2.75) is 31.2 Å². The summed E-state index contributed by atoms with van der Waals surface area (Å²) < 4.78 is 36.2. The zero-order chi connectivity index (χ0) is 24.1. The minimum Gasteiger partial charge on any atom is -0.494 e. The summed E-state index contributed by atoms with van der Waals surface area (Å²) in [4.78, 5) is 12.6. The molecule has 3 aromatic carbocycles. The monoisotopic (exact) mass is 516 g/mol. The molecule has 0 saturated heterocycles. The molecule has 34 heavy (non-hydrogen) atoms. The van der Waals surface area contributed by atoms with Gasteiger partial charge in [0.1, 0.15) is 5.75 Å². The number of sulfonamides is 1. The number of para-hydroxylation sites is 1. The van der Waals surface area contributed by atoms with E-state index in [1.54, 1.807) is 22.8 Å². The summed E-state index contributed by atoms with van der Waals surface area (Å²) >= 11 is 7.27. The highest BCUT2D eigenvalue weighted by atomic mass is 35.5. The van der Waals surface area contributed by atoms with Gasteiger partial charge < -0.3 is 4.74 Å². The van der Waals surface area contributed by atoms with Crippen molar-refractivity contribution in [2.24, 2.45) is 0 Å². The van der Waals surface area contributed by atoms with Crippen molar-refractivity contribution < 1.29 is 13.2 Å². The molecule has 0 bridgehead atoms. The van der Waals surface area contributed by atoms with E-state index in [9.17, 15) is 13.2 Å². The fraction of sp³-hybridized carbons (Fsp3) is 0.240. The molecule has 1 heterocycles. The van der Waals surface area contributed by atoms with Crippen molar-refractivity contribution in [1.29, 1.82) is 0 Å². The van der Waals surface area contributed by atoms with Crippen LogP contribution in [-0.2, 0) is 23.0 Å². The molecule has 1 N–H and O–H groups in total. The Balaban J connectivity index is 1.46. The summed E-state index contributed by atoms with van der Waals surface area (Å²) in [5.74, 6) is 0.828. The van der Waals surface area contributed by atoms with Gasteiger partial charge in [0.25, 0.3) is 0 Å². The molecule has 0 unspecified atom stereocenters. The fourth-order valence-corrected chi connectivity index (χ4v) is 6.04. The van der Waals surface area contributed by atoms with Gasteiger partial charge in [-0.05, 0) is 61.2 Å². The second-order valence-electron chi connectivity index (χ2n) is 7.72. The fourth-order valence-electron chi connectivity index (χ4n) is 3.74. The maximum atomic E-state index is 12.9. The Bertz CT molecular complexity index is 1460. The Hall–Kier alpha value is -2.65. The Morgan fingerprint density at radius 1 is 1.03 bits per heavy atom. The average Bonchev–Trinajstić information content (AvgIpc) is 3.13. The lowest BCUT2D eigenvalue weighted by Crippen LogP contribution is -2.25. The summed E-state index contributed by atoms with van der Waals surface area (Å²) in [7, 11) is -3.70. The molecule has 0 aliphatic heterocycles. The molecule has 0 saturated carbocycles. The number of fused-ring (bicyclic) bond motifs is 1. The van der Waals surface area contributed by atoms with Crippen LogP contribution in [0.15, 0.2) is 76.4 Å². The highest BCUT2D eigenvalue weighted by molar-refractivity contribution is 7.89. The highest BCUT2D eigenvalue weighted by Crippen LogP contribution is 2.24. The molecule has 0 amide bonds. The number of hydrogen-bond acceptors (Lipinski definition) is 5. The third-order valence-corrected chi connectivity index (χ3v) is 8.19. The maximum Gasteiger partial charge on any atom is 0.308 e. The molecule has 4 rings (SSSR count). The third-order valence-electron chi connectivity index (χ3n) is 5.42. The largest absolute Gasteiger partial charge is 0.494 e. The van der Waals surface area contributed by atoms with Crippen molar-refractivity contribution in [1.82, 2.24) is 9.29 Å². The van der Waals surface area contributed by atoms with E-state index in [2.05, 4.69) is 4.72 Å². The number of halogens is 1. The van der Waals surface area contributed by atoms with E-state index in [4.69, 9.17) is 16.3 Å². The number of hydrogen-bond donors (Lipinski definition) is 1. The third kappa shape index (κ3) is 5.52. The van der Waals surface area contributed by atoms with Crippen LogP contribution in [0.5, 0.6) is 5.75 Å². The number of aromatic nitrogens is 1. The van der Waals surface area contributed by atoms with E-state index in [1.807, 2.05) is 49.4 Å². The van der Waals surface area contributed by atoms with Crippen LogP contribution in [0.25, 0.3) is 10.2 Å². The van der Waals surface area contributed by atoms with Crippen LogP contribution in [0.2, 0.25) is 5.02 Å². The molecule has 0 radical (unpaired) electrons. The van der Waals surface area contributed by atoms with Crippen LogP contribution in [0.4, 0.5) is 0 Å². The molecule has 0 fully saturated rings. The lowest BCUT2D eigenvalue weighted by atomic mass is 10.1. The van der Waals surface area contributed by atoms with Gasteiger partial charge in [-0.1, -0.05) is 59.3 Å². The van der Waals surface area contributed by atoms with Gasteiger partial charge in [-0.15, -0.1) is 0 Å². The van der Waals surface area contributed by atoms with Crippen LogP contribution in [-0.4, -0.2) is 26.1 Å². The van der Waals surface area contributed by atoms with Crippen molar-refractivity contribution in [3.63, 3.8) is 0 Å². The molecule has 4 aromatic rings. The van der Waals surface area contributed by atoms with E-state index in [0.29, 0.717) is 47.8 Å². The van der Waals surface area contributed by atoms with E-state index in [0.717, 1.165) is 28.2 Å². The first-order valence-electron chi connectivity index (χ1n) is 11.0. The van der Waals surface area contributed by atoms with Gasteiger partial charge in [0.15, 0.2) is 0 Å². The second-order valence-corrected chi connectivity index (χ2v) is 10.9. The van der Waals surface area contributed by atoms with E-state index >= 15 is 0 Å². The molecular weight excluding hydrogens is 492 g/mol. The summed E-state index contributed by atoms with van der Waals surface area (Å²) in [5.41, 5.74) is 2.56. The van der Waals surface area contributed by atoms with Crippen LogP contribution >= 0.6 is 22.9 Å². The molecule has 178 valence electrons. The van der Waals surface area contributed by atoms with E-state index < -0.39 is 10.0 Å². The second kappa shape index (κ2) is 10.7. The molecule has 6 nitrogen and oxygen atoms in total. The standard InChI is InChI=1S/C25H25ClN2O4S2/c1-2-32-23-12-6-4-8-18(23)10-7-15-27-34(30,31)20-13-14-22-24(16-20)33-25(29)28(22)17-19-9-3-5-11-21(19)26/h3-6,8-9,11-14,16,27H,2,7,10,15,17H2,1H3. The quantitative estimate of drug-likeness (QED) is 0.298. The summed E-state index contributed by atoms with van der Waals surface area (Å²) in [6.45, 7) is 3.14. The molecule has 0 aliphatic carbocycles. The zero-order valence-corrected chi connectivity index (χ0v) is 21.0. The smallest absolute Gasteiger partial charge is 0.308 e. The first-order valence-corrected chi connectivity index (χ1v) is 13.6. The number of ether oxygens (including phenoxy) is 1. The minimum atomic E-state index is -3.70. The number of thiazole rings is 1. The Kier molecular flexibility index (Phi) is 7.73. The lowest BCUT2D eigenvalue weighted by molar-refractivity contribution is 0.336. The molecule has 0 spiro atoms. The Morgan fingerprint density at radius 3 is 2.53 bits per heavy atom. The molecule has 9 heteroatoms. The highest BCUT2D eigenvalue weighted by Gasteiger charge is 2.17. The topological polar surface area (TPSA) is 77.4 Å². The first-order chi connectivity index (χ1) is 16.4. The van der Waals surface area contributed by atoms with Crippen molar-refractivity contribution in [2.75, 3.05) is 13.2 Å². The lowest BCUT2D eigenvalue weighted by Gasteiger charge is -2.11. The normalized spacial score (nSPS) is 11.7. The molecule has 0 aliphatic rings. The van der Waals surface area contributed by atoms with Gasteiger partial charge >= 0.3 is 4.87 Å². The summed E-state index contributed by atoms with van der Waals surface area (Å²) in [6, 6.07) is 19.9. The van der Waals surface area contributed by atoms with Gasteiger partial charge in [0, 0.05) is 11.6 Å². The zero-order valence-electron chi connectivity index (χ0n) is 18.7. The van der Waals surface area contributed by atoms with Gasteiger partial charge in [-0.3, -0.25) is 9.36 Å². The molecular formula is C25H25ClN2O4S2. The van der Waals surface area contributed by atoms with Crippen molar-refractivity contribution in [3.8, 4) is 5.75 Å². The number of rotatable bonds is 10. The summed E-state index contributed by atoms with van der Waals surface area (Å²) in [5, 5.41) is 0.584. The van der Waals surface area contributed by atoms with Gasteiger partial charge in [-0.2, -0.15) is 0 Å². The Labute approximate surface area is 207 Å². The number of nitrogens with zero attached hydrogens (tertiary/aromatic N) is 1. The van der Waals surface area contributed by atoms with Crippen LogP contribution in [0, 0.1) is 0 Å².